The van der Waals surface area contributed by atoms with E-state index in [1.807, 2.05) is 6.92 Å². The Morgan fingerprint density at radius 1 is 1.25 bits per heavy atom. The topological polar surface area (TPSA) is 69.6 Å². The van der Waals surface area contributed by atoms with Gasteiger partial charge in [0.1, 0.15) is 0 Å². The van der Waals surface area contributed by atoms with E-state index in [0.717, 1.165) is 38.9 Å². The Labute approximate surface area is 121 Å². The van der Waals surface area contributed by atoms with Crippen LogP contribution in [-0.2, 0) is 9.59 Å². The van der Waals surface area contributed by atoms with Gasteiger partial charge < -0.3 is 10.4 Å². The highest BCUT2D eigenvalue weighted by molar-refractivity contribution is 5.81. The lowest BCUT2D eigenvalue weighted by molar-refractivity contribution is -0.138. The monoisotopic (exact) mass is 284 g/mol. The summed E-state index contributed by atoms with van der Waals surface area (Å²) in [5, 5.41) is 11.8. The van der Waals surface area contributed by atoms with Gasteiger partial charge in [-0.2, -0.15) is 0 Å². The zero-order valence-electron chi connectivity index (χ0n) is 12.9. The summed E-state index contributed by atoms with van der Waals surface area (Å²) in [5.74, 6) is 0.225. The number of hydrogen-bond donors (Lipinski definition) is 2. The van der Waals surface area contributed by atoms with Gasteiger partial charge in [0.2, 0.25) is 5.91 Å². The molecule has 0 bridgehead atoms. The Hall–Kier alpha value is -1.10. The first kappa shape index (κ1) is 17.0. The number of hydrogen-bond acceptors (Lipinski definition) is 3. The molecule has 1 aliphatic heterocycles. The smallest absolute Gasteiger partial charge is 0.303 e. The number of amides is 1. The van der Waals surface area contributed by atoms with Crippen molar-refractivity contribution in [3.63, 3.8) is 0 Å². The first-order valence-electron chi connectivity index (χ1n) is 7.63. The molecule has 2 N–H and O–H groups in total. The lowest BCUT2D eigenvalue weighted by Gasteiger charge is -2.34. The molecule has 1 heterocycles. The van der Waals surface area contributed by atoms with E-state index in [-0.39, 0.29) is 24.3 Å². The van der Waals surface area contributed by atoms with Crippen LogP contribution in [0.25, 0.3) is 0 Å². The van der Waals surface area contributed by atoms with E-state index in [1.165, 1.54) is 0 Å². The van der Waals surface area contributed by atoms with E-state index in [4.69, 9.17) is 5.11 Å². The van der Waals surface area contributed by atoms with Gasteiger partial charge in [0.15, 0.2) is 0 Å². The molecule has 5 nitrogen and oxygen atoms in total. The maximum absolute atomic E-state index is 12.0. The molecular formula is C15H28N2O3. The molecule has 0 spiro atoms. The number of carbonyl (C=O) groups is 2. The number of aliphatic carboxylic acids is 1. The van der Waals surface area contributed by atoms with Crippen LogP contribution in [0.4, 0.5) is 0 Å². The van der Waals surface area contributed by atoms with E-state index in [1.54, 1.807) is 0 Å². The van der Waals surface area contributed by atoms with Crippen molar-refractivity contribution in [2.75, 3.05) is 19.6 Å². The fourth-order valence-corrected chi connectivity index (χ4v) is 2.59. The molecule has 0 radical (unpaired) electrons. The molecule has 1 aliphatic rings. The number of piperidine rings is 1. The summed E-state index contributed by atoms with van der Waals surface area (Å²) < 4.78 is 0. The van der Waals surface area contributed by atoms with Gasteiger partial charge in [0, 0.05) is 13.0 Å². The number of carbonyl (C=O) groups excluding carboxylic acids is 1. The van der Waals surface area contributed by atoms with Gasteiger partial charge in [0.05, 0.1) is 6.04 Å². The molecule has 5 heteroatoms. The lowest BCUT2D eigenvalue weighted by atomic mass is 9.93. The first-order valence-corrected chi connectivity index (χ1v) is 7.63. The second-order valence-corrected chi connectivity index (χ2v) is 6.23. The van der Waals surface area contributed by atoms with Crippen molar-refractivity contribution in [2.45, 2.75) is 52.5 Å². The Balaban J connectivity index is 2.29. The minimum Gasteiger partial charge on any atom is -0.481 e. The molecule has 116 valence electrons. The van der Waals surface area contributed by atoms with Crippen molar-refractivity contribution in [3.8, 4) is 0 Å². The highest BCUT2D eigenvalue weighted by Crippen LogP contribution is 2.21. The molecule has 1 fully saturated rings. The van der Waals surface area contributed by atoms with Crippen molar-refractivity contribution in [1.82, 2.24) is 10.2 Å². The van der Waals surface area contributed by atoms with Crippen LogP contribution in [0.2, 0.25) is 0 Å². The predicted molar refractivity (Wildman–Crippen MR) is 78.5 cm³/mol. The normalized spacial score (nSPS) is 19.0. The highest BCUT2D eigenvalue weighted by Gasteiger charge is 2.27. The summed E-state index contributed by atoms with van der Waals surface area (Å²) >= 11 is 0. The fraction of sp³-hybridized carbons (Fsp3) is 0.867. The number of carboxylic acids is 1. The lowest BCUT2D eigenvalue weighted by Crippen LogP contribution is -2.48. The molecular weight excluding hydrogens is 256 g/mol. The quantitative estimate of drug-likeness (QED) is 0.747. The highest BCUT2D eigenvalue weighted by atomic mass is 16.4. The van der Waals surface area contributed by atoms with Crippen LogP contribution in [0.15, 0.2) is 0 Å². The number of carboxylic acid groups (broad SMARTS) is 1. The van der Waals surface area contributed by atoms with Gasteiger partial charge >= 0.3 is 5.97 Å². The molecule has 0 aromatic rings. The number of rotatable bonds is 7. The molecule has 1 atom stereocenters. The van der Waals surface area contributed by atoms with Crippen molar-refractivity contribution in [1.29, 1.82) is 0 Å². The zero-order chi connectivity index (χ0) is 15.1. The summed E-state index contributed by atoms with van der Waals surface area (Å²) in [6, 6.07) is -0.118. The van der Waals surface area contributed by atoms with E-state index in [0.29, 0.717) is 5.92 Å². The SMILES string of the molecule is CC(C)CCNC(=O)C(C)N1CCC(CC(=O)O)CC1. The second-order valence-electron chi connectivity index (χ2n) is 6.23. The van der Waals surface area contributed by atoms with E-state index >= 15 is 0 Å². The predicted octanol–water partition coefficient (Wildman–Crippen LogP) is 1.72. The summed E-state index contributed by atoms with van der Waals surface area (Å²) in [7, 11) is 0. The van der Waals surface area contributed by atoms with Crippen molar-refractivity contribution in [3.05, 3.63) is 0 Å². The molecule has 1 amide bonds. The first-order chi connectivity index (χ1) is 9.40. The van der Waals surface area contributed by atoms with Gasteiger partial charge in [-0.15, -0.1) is 0 Å². The molecule has 1 unspecified atom stereocenters. The molecule has 0 aromatic carbocycles. The van der Waals surface area contributed by atoms with Gasteiger partial charge in [-0.05, 0) is 51.1 Å². The number of likely N-dealkylation sites (tertiary alicyclic amines) is 1. The average Bonchev–Trinajstić information content (AvgIpc) is 2.37. The standard InChI is InChI=1S/C15H28N2O3/c1-11(2)4-7-16-15(20)12(3)17-8-5-13(6-9-17)10-14(18)19/h11-13H,4-10H2,1-3H3,(H,16,20)(H,18,19). The van der Waals surface area contributed by atoms with Crippen LogP contribution in [-0.4, -0.2) is 47.6 Å². The Bertz CT molecular complexity index is 323. The molecule has 20 heavy (non-hydrogen) atoms. The van der Waals surface area contributed by atoms with Crippen LogP contribution >= 0.6 is 0 Å². The fourth-order valence-electron chi connectivity index (χ4n) is 2.59. The minimum atomic E-state index is -0.720. The molecule has 1 saturated heterocycles. The zero-order valence-corrected chi connectivity index (χ0v) is 12.9. The largest absolute Gasteiger partial charge is 0.481 e. The van der Waals surface area contributed by atoms with Gasteiger partial charge in [-0.1, -0.05) is 13.8 Å². The van der Waals surface area contributed by atoms with Crippen LogP contribution in [0.5, 0.6) is 0 Å². The van der Waals surface area contributed by atoms with Crippen LogP contribution in [0.3, 0.4) is 0 Å². The van der Waals surface area contributed by atoms with Crippen molar-refractivity contribution in [2.24, 2.45) is 11.8 Å². The molecule has 1 rings (SSSR count). The average molecular weight is 284 g/mol. The van der Waals surface area contributed by atoms with Gasteiger partial charge in [-0.25, -0.2) is 0 Å². The summed E-state index contributed by atoms with van der Waals surface area (Å²) in [5.41, 5.74) is 0. The molecule has 0 aliphatic carbocycles. The number of nitrogens with zero attached hydrogens (tertiary/aromatic N) is 1. The van der Waals surface area contributed by atoms with E-state index in [2.05, 4.69) is 24.1 Å². The van der Waals surface area contributed by atoms with Crippen LogP contribution in [0.1, 0.15) is 46.5 Å². The van der Waals surface area contributed by atoms with Crippen molar-refractivity contribution >= 4 is 11.9 Å². The summed E-state index contributed by atoms with van der Waals surface area (Å²) in [4.78, 5) is 24.9. The third-order valence-corrected chi connectivity index (χ3v) is 4.06. The second kappa shape index (κ2) is 8.25. The van der Waals surface area contributed by atoms with Gasteiger partial charge in [-0.3, -0.25) is 14.5 Å². The maximum atomic E-state index is 12.0. The van der Waals surface area contributed by atoms with Gasteiger partial charge in [0.25, 0.3) is 0 Å². The molecule has 0 aromatic heterocycles. The summed E-state index contributed by atoms with van der Waals surface area (Å²) in [6.07, 6.45) is 2.99. The van der Waals surface area contributed by atoms with Crippen LogP contribution < -0.4 is 5.32 Å². The molecule has 0 saturated carbocycles. The van der Waals surface area contributed by atoms with Crippen LogP contribution in [0, 0.1) is 11.8 Å². The third kappa shape index (κ3) is 5.90. The number of nitrogens with one attached hydrogen (secondary N) is 1. The maximum Gasteiger partial charge on any atom is 0.303 e. The van der Waals surface area contributed by atoms with E-state index in [9.17, 15) is 9.59 Å². The Morgan fingerprint density at radius 3 is 2.35 bits per heavy atom. The Kier molecular flexibility index (Phi) is 6.99. The summed E-state index contributed by atoms with van der Waals surface area (Å²) in [6.45, 7) is 8.58. The van der Waals surface area contributed by atoms with E-state index < -0.39 is 5.97 Å². The Morgan fingerprint density at radius 2 is 1.85 bits per heavy atom. The minimum absolute atomic E-state index is 0.0855. The third-order valence-electron chi connectivity index (χ3n) is 4.06. The van der Waals surface area contributed by atoms with Crippen molar-refractivity contribution < 1.29 is 14.7 Å².